The molecule has 0 rings (SSSR count). The Morgan fingerprint density at radius 1 is 0.882 bits per heavy atom. The summed E-state index contributed by atoms with van der Waals surface area (Å²) in [5, 5.41) is 0. The van der Waals surface area contributed by atoms with Crippen LogP contribution >= 0.6 is 0 Å². The number of carbonyl (C=O) groups is 2. The minimum absolute atomic E-state index is 0.285. The summed E-state index contributed by atoms with van der Waals surface area (Å²) in [5.41, 5.74) is 0. The molecule has 0 atom stereocenters. The minimum Gasteiger partial charge on any atom is -0.469 e. The second kappa shape index (κ2) is 11.4. The number of esters is 2. The molecule has 0 fully saturated rings. The Morgan fingerprint density at radius 3 is 2.06 bits per heavy atom. The second-order valence-electron chi connectivity index (χ2n) is 4.09. The Balaban J connectivity index is 3.22. The Bertz CT molecular complexity index is 213. The molecular weight excluding hydrogens is 220 g/mol. The van der Waals surface area contributed by atoms with E-state index in [1.807, 2.05) is 0 Å². The molecular formula is C13H24O4. The zero-order valence-corrected chi connectivity index (χ0v) is 11.0. The van der Waals surface area contributed by atoms with Crippen LogP contribution in [0.25, 0.3) is 0 Å². The third-order valence-corrected chi connectivity index (χ3v) is 2.53. The van der Waals surface area contributed by atoms with E-state index in [9.17, 15) is 9.59 Å². The molecule has 0 unspecified atom stereocenters. The van der Waals surface area contributed by atoms with Crippen molar-refractivity contribution in [3.8, 4) is 0 Å². The van der Waals surface area contributed by atoms with E-state index in [4.69, 9.17) is 4.74 Å². The molecule has 4 heteroatoms. The number of hydrogen-bond donors (Lipinski definition) is 0. The molecule has 0 aromatic rings. The van der Waals surface area contributed by atoms with Crippen LogP contribution < -0.4 is 0 Å². The predicted molar refractivity (Wildman–Crippen MR) is 65.6 cm³/mol. The summed E-state index contributed by atoms with van der Waals surface area (Å²) >= 11 is 0. The first-order chi connectivity index (χ1) is 8.20. The van der Waals surface area contributed by atoms with Gasteiger partial charge in [0.2, 0.25) is 0 Å². The van der Waals surface area contributed by atoms with E-state index in [2.05, 4.69) is 11.7 Å². The zero-order valence-electron chi connectivity index (χ0n) is 11.0. The lowest BCUT2D eigenvalue weighted by Crippen LogP contribution is -2.12. The van der Waals surface area contributed by atoms with Gasteiger partial charge in [0.1, 0.15) is 6.42 Å². The molecule has 0 bridgehead atoms. The lowest BCUT2D eigenvalue weighted by molar-refractivity contribution is -0.153. The van der Waals surface area contributed by atoms with Crippen LogP contribution in [-0.2, 0) is 19.1 Å². The van der Waals surface area contributed by atoms with Gasteiger partial charge in [0.25, 0.3) is 0 Å². The summed E-state index contributed by atoms with van der Waals surface area (Å²) in [5.74, 6) is -1.04. The molecule has 0 N–H and O–H groups in total. The van der Waals surface area contributed by atoms with E-state index in [0.717, 1.165) is 12.8 Å². The van der Waals surface area contributed by atoms with Crippen molar-refractivity contribution in [1.82, 2.24) is 0 Å². The van der Waals surface area contributed by atoms with E-state index in [0.29, 0.717) is 6.61 Å². The van der Waals surface area contributed by atoms with Gasteiger partial charge < -0.3 is 9.47 Å². The smallest absolute Gasteiger partial charge is 0.317 e. The van der Waals surface area contributed by atoms with Crippen LogP contribution in [0.5, 0.6) is 0 Å². The Labute approximate surface area is 104 Å². The van der Waals surface area contributed by atoms with Crippen LogP contribution in [-0.4, -0.2) is 25.7 Å². The van der Waals surface area contributed by atoms with Gasteiger partial charge in [-0.2, -0.15) is 0 Å². The highest BCUT2D eigenvalue weighted by Crippen LogP contribution is 2.06. The fraction of sp³-hybridized carbons (Fsp3) is 0.846. The van der Waals surface area contributed by atoms with Crippen LogP contribution in [0.3, 0.4) is 0 Å². The van der Waals surface area contributed by atoms with E-state index < -0.39 is 11.9 Å². The largest absolute Gasteiger partial charge is 0.469 e. The topological polar surface area (TPSA) is 52.6 Å². The second-order valence-corrected chi connectivity index (χ2v) is 4.09. The van der Waals surface area contributed by atoms with Crippen LogP contribution in [0.4, 0.5) is 0 Å². The number of methoxy groups -OCH3 is 1. The van der Waals surface area contributed by atoms with E-state index in [1.165, 1.54) is 39.2 Å². The van der Waals surface area contributed by atoms with Crippen molar-refractivity contribution < 1.29 is 19.1 Å². The highest BCUT2D eigenvalue weighted by molar-refractivity contribution is 5.91. The fourth-order valence-corrected chi connectivity index (χ4v) is 1.49. The zero-order chi connectivity index (χ0) is 12.9. The SMILES string of the molecule is CCCCCCCCCOC(=O)CC(=O)OC. The van der Waals surface area contributed by atoms with E-state index in [1.54, 1.807) is 0 Å². The number of hydrogen-bond acceptors (Lipinski definition) is 4. The van der Waals surface area contributed by atoms with Crippen molar-refractivity contribution in [2.45, 2.75) is 58.3 Å². The number of ether oxygens (including phenoxy) is 2. The number of unbranched alkanes of at least 4 members (excludes halogenated alkanes) is 6. The highest BCUT2D eigenvalue weighted by Gasteiger charge is 2.09. The van der Waals surface area contributed by atoms with Crippen molar-refractivity contribution in [3.63, 3.8) is 0 Å². The van der Waals surface area contributed by atoms with Crippen LogP contribution in [0.15, 0.2) is 0 Å². The Kier molecular flexibility index (Phi) is 10.7. The van der Waals surface area contributed by atoms with Crippen molar-refractivity contribution in [1.29, 1.82) is 0 Å². The lowest BCUT2D eigenvalue weighted by atomic mass is 10.1. The average Bonchev–Trinajstić information content (AvgIpc) is 2.32. The van der Waals surface area contributed by atoms with Crippen LogP contribution in [0.1, 0.15) is 58.3 Å². The summed E-state index contributed by atoms with van der Waals surface area (Å²) < 4.78 is 9.27. The molecule has 0 saturated carbocycles. The molecule has 0 aliphatic carbocycles. The number of rotatable bonds is 10. The molecule has 100 valence electrons. The van der Waals surface area contributed by atoms with Gasteiger partial charge >= 0.3 is 11.9 Å². The van der Waals surface area contributed by atoms with Gasteiger partial charge in [-0.05, 0) is 6.42 Å². The van der Waals surface area contributed by atoms with Crippen LogP contribution in [0.2, 0.25) is 0 Å². The summed E-state index contributed by atoms with van der Waals surface area (Å²) in [6, 6.07) is 0. The Hall–Kier alpha value is -1.06. The predicted octanol–water partition coefficient (Wildman–Crippen LogP) is 2.84. The van der Waals surface area contributed by atoms with Gasteiger partial charge in [-0.1, -0.05) is 45.4 Å². The first-order valence-electron chi connectivity index (χ1n) is 6.43. The Morgan fingerprint density at radius 2 is 1.47 bits per heavy atom. The molecule has 0 spiro atoms. The third kappa shape index (κ3) is 11.2. The molecule has 0 aromatic heterocycles. The molecule has 0 heterocycles. The van der Waals surface area contributed by atoms with Crippen molar-refractivity contribution in [2.75, 3.05) is 13.7 Å². The van der Waals surface area contributed by atoms with Gasteiger partial charge in [-0.25, -0.2) is 0 Å². The minimum atomic E-state index is -0.547. The standard InChI is InChI=1S/C13H24O4/c1-3-4-5-6-7-8-9-10-17-13(15)11-12(14)16-2/h3-11H2,1-2H3. The highest BCUT2D eigenvalue weighted by atomic mass is 16.5. The maximum Gasteiger partial charge on any atom is 0.317 e. The third-order valence-electron chi connectivity index (χ3n) is 2.53. The van der Waals surface area contributed by atoms with E-state index in [-0.39, 0.29) is 6.42 Å². The lowest BCUT2D eigenvalue weighted by Gasteiger charge is -2.04. The summed E-state index contributed by atoms with van der Waals surface area (Å²) in [6.07, 6.45) is 7.96. The molecule has 0 amide bonds. The van der Waals surface area contributed by atoms with Crippen molar-refractivity contribution in [2.24, 2.45) is 0 Å². The quantitative estimate of drug-likeness (QED) is 0.337. The van der Waals surface area contributed by atoms with Crippen molar-refractivity contribution in [3.05, 3.63) is 0 Å². The van der Waals surface area contributed by atoms with Gasteiger partial charge in [-0.15, -0.1) is 0 Å². The van der Waals surface area contributed by atoms with Gasteiger partial charge in [0.05, 0.1) is 13.7 Å². The maximum atomic E-state index is 11.1. The molecule has 0 radical (unpaired) electrons. The molecule has 4 nitrogen and oxygen atoms in total. The van der Waals surface area contributed by atoms with Gasteiger partial charge in [-0.3, -0.25) is 9.59 Å². The molecule has 0 aliphatic rings. The average molecular weight is 244 g/mol. The molecule has 0 aliphatic heterocycles. The molecule has 0 saturated heterocycles. The normalized spacial score (nSPS) is 10.0. The van der Waals surface area contributed by atoms with Gasteiger partial charge in [0.15, 0.2) is 0 Å². The first-order valence-corrected chi connectivity index (χ1v) is 6.43. The van der Waals surface area contributed by atoms with Crippen LogP contribution in [0, 0.1) is 0 Å². The molecule has 17 heavy (non-hydrogen) atoms. The maximum absolute atomic E-state index is 11.1. The first kappa shape index (κ1) is 15.9. The van der Waals surface area contributed by atoms with E-state index >= 15 is 0 Å². The summed E-state index contributed by atoms with van der Waals surface area (Å²) in [7, 11) is 1.26. The summed E-state index contributed by atoms with van der Waals surface area (Å²) in [6.45, 7) is 2.60. The fourth-order valence-electron chi connectivity index (χ4n) is 1.49. The summed E-state index contributed by atoms with van der Waals surface area (Å²) in [4.78, 5) is 21.8. The monoisotopic (exact) mass is 244 g/mol. The van der Waals surface area contributed by atoms with Gasteiger partial charge in [0, 0.05) is 0 Å². The van der Waals surface area contributed by atoms with Crippen molar-refractivity contribution >= 4 is 11.9 Å². The number of carbonyl (C=O) groups excluding carboxylic acids is 2. The molecule has 0 aromatic carbocycles.